The molecule has 1 aromatic heterocycles. The SMILES string of the molecule is COc1ccc(Cl)cc1-c1[nH]c2ccc(Cl)cc2c1CC(=O)O. The molecule has 2 aromatic carbocycles. The Morgan fingerprint density at radius 3 is 2.57 bits per heavy atom. The van der Waals surface area contributed by atoms with Gasteiger partial charge < -0.3 is 14.8 Å². The molecule has 0 bridgehead atoms. The summed E-state index contributed by atoms with van der Waals surface area (Å²) in [5.74, 6) is -0.313. The maximum Gasteiger partial charge on any atom is 0.307 e. The molecule has 1 heterocycles. The van der Waals surface area contributed by atoms with Gasteiger partial charge in [-0.25, -0.2) is 0 Å². The zero-order chi connectivity index (χ0) is 16.6. The summed E-state index contributed by atoms with van der Waals surface area (Å²) >= 11 is 12.2. The number of fused-ring (bicyclic) bond motifs is 1. The second-order valence-electron chi connectivity index (χ2n) is 5.08. The van der Waals surface area contributed by atoms with Crippen molar-refractivity contribution in [2.24, 2.45) is 0 Å². The minimum Gasteiger partial charge on any atom is -0.496 e. The van der Waals surface area contributed by atoms with E-state index in [0.717, 1.165) is 10.9 Å². The minimum absolute atomic E-state index is 0.134. The summed E-state index contributed by atoms with van der Waals surface area (Å²) in [7, 11) is 1.56. The van der Waals surface area contributed by atoms with Gasteiger partial charge in [-0.15, -0.1) is 0 Å². The molecule has 0 unspecified atom stereocenters. The number of aromatic nitrogens is 1. The van der Waals surface area contributed by atoms with E-state index in [4.69, 9.17) is 27.9 Å². The van der Waals surface area contributed by atoms with E-state index in [2.05, 4.69) is 4.98 Å². The van der Waals surface area contributed by atoms with E-state index in [-0.39, 0.29) is 6.42 Å². The van der Waals surface area contributed by atoms with Crippen LogP contribution in [0.25, 0.3) is 22.2 Å². The van der Waals surface area contributed by atoms with Crippen molar-refractivity contribution in [2.45, 2.75) is 6.42 Å². The van der Waals surface area contributed by atoms with Crippen molar-refractivity contribution >= 4 is 40.1 Å². The summed E-state index contributed by atoms with van der Waals surface area (Å²) in [5, 5.41) is 11.1. The first-order valence-electron chi connectivity index (χ1n) is 6.85. The summed E-state index contributed by atoms with van der Waals surface area (Å²) in [6.45, 7) is 0. The van der Waals surface area contributed by atoms with E-state index in [1.807, 2.05) is 6.07 Å². The van der Waals surface area contributed by atoms with Crippen molar-refractivity contribution in [2.75, 3.05) is 7.11 Å². The molecular formula is C17H13Cl2NO3. The highest BCUT2D eigenvalue weighted by Crippen LogP contribution is 2.38. The largest absolute Gasteiger partial charge is 0.496 e. The topological polar surface area (TPSA) is 62.3 Å². The van der Waals surface area contributed by atoms with E-state index in [1.54, 1.807) is 37.4 Å². The smallest absolute Gasteiger partial charge is 0.307 e. The predicted molar refractivity (Wildman–Crippen MR) is 91.6 cm³/mol. The van der Waals surface area contributed by atoms with Gasteiger partial charge >= 0.3 is 5.97 Å². The van der Waals surface area contributed by atoms with Gasteiger partial charge in [0.2, 0.25) is 0 Å². The lowest BCUT2D eigenvalue weighted by Gasteiger charge is -2.09. The molecule has 0 aliphatic rings. The van der Waals surface area contributed by atoms with Crippen LogP contribution in [0.2, 0.25) is 10.0 Å². The zero-order valence-corrected chi connectivity index (χ0v) is 13.7. The number of hydrogen-bond acceptors (Lipinski definition) is 2. The van der Waals surface area contributed by atoms with Crippen LogP contribution in [0, 0.1) is 0 Å². The molecular weight excluding hydrogens is 337 g/mol. The molecule has 0 aliphatic carbocycles. The fourth-order valence-corrected chi connectivity index (χ4v) is 3.00. The number of ether oxygens (including phenoxy) is 1. The van der Waals surface area contributed by atoms with Crippen LogP contribution in [0.1, 0.15) is 5.56 Å². The number of aromatic amines is 1. The molecule has 6 heteroatoms. The van der Waals surface area contributed by atoms with Crippen molar-refractivity contribution in [3.05, 3.63) is 52.0 Å². The zero-order valence-electron chi connectivity index (χ0n) is 12.2. The summed E-state index contributed by atoms with van der Waals surface area (Å²) < 4.78 is 5.38. The molecule has 4 nitrogen and oxygen atoms in total. The number of nitrogens with one attached hydrogen (secondary N) is 1. The van der Waals surface area contributed by atoms with Crippen LogP contribution in [0.5, 0.6) is 5.75 Å². The van der Waals surface area contributed by atoms with Crippen molar-refractivity contribution in [1.82, 2.24) is 4.98 Å². The molecule has 0 saturated carbocycles. The molecule has 23 heavy (non-hydrogen) atoms. The van der Waals surface area contributed by atoms with Gasteiger partial charge in [-0.1, -0.05) is 23.2 Å². The van der Waals surface area contributed by atoms with E-state index >= 15 is 0 Å². The molecule has 0 atom stereocenters. The number of hydrogen-bond donors (Lipinski definition) is 2. The van der Waals surface area contributed by atoms with Gasteiger partial charge in [0.1, 0.15) is 5.75 Å². The van der Waals surface area contributed by atoms with Gasteiger partial charge in [0.15, 0.2) is 0 Å². The summed E-state index contributed by atoms with van der Waals surface area (Å²) in [5.41, 5.74) is 2.84. The first-order chi connectivity index (χ1) is 11.0. The number of benzene rings is 2. The first kappa shape index (κ1) is 15.7. The Hall–Kier alpha value is -2.17. The number of methoxy groups -OCH3 is 1. The van der Waals surface area contributed by atoms with Crippen LogP contribution in [-0.4, -0.2) is 23.2 Å². The Morgan fingerprint density at radius 2 is 1.87 bits per heavy atom. The minimum atomic E-state index is -0.923. The third kappa shape index (κ3) is 3.00. The number of carboxylic acid groups (broad SMARTS) is 1. The average molecular weight is 350 g/mol. The van der Waals surface area contributed by atoms with Gasteiger partial charge in [-0.3, -0.25) is 4.79 Å². The van der Waals surface area contributed by atoms with Crippen LogP contribution in [0.4, 0.5) is 0 Å². The van der Waals surface area contributed by atoms with Gasteiger partial charge in [0, 0.05) is 26.5 Å². The second kappa shape index (κ2) is 6.14. The van der Waals surface area contributed by atoms with Crippen molar-refractivity contribution in [3.63, 3.8) is 0 Å². The highest BCUT2D eigenvalue weighted by atomic mass is 35.5. The maximum absolute atomic E-state index is 11.3. The molecule has 0 aliphatic heterocycles. The quantitative estimate of drug-likeness (QED) is 0.712. The molecule has 0 radical (unpaired) electrons. The molecule has 118 valence electrons. The Balaban J connectivity index is 2.32. The highest BCUT2D eigenvalue weighted by molar-refractivity contribution is 6.31. The van der Waals surface area contributed by atoms with Gasteiger partial charge in [-0.05, 0) is 42.0 Å². The van der Waals surface area contributed by atoms with Crippen LogP contribution in [0.15, 0.2) is 36.4 Å². The molecule has 2 N–H and O–H groups in total. The first-order valence-corrected chi connectivity index (χ1v) is 7.61. The number of halogens is 2. The Morgan fingerprint density at radius 1 is 1.17 bits per heavy atom. The normalized spacial score (nSPS) is 10.9. The summed E-state index contributed by atoms with van der Waals surface area (Å²) in [6.07, 6.45) is -0.134. The monoisotopic (exact) mass is 349 g/mol. The van der Waals surface area contributed by atoms with E-state index in [1.165, 1.54) is 0 Å². The Labute approximate surface area is 142 Å². The Bertz CT molecular complexity index is 902. The number of H-pyrrole nitrogens is 1. The lowest BCUT2D eigenvalue weighted by molar-refractivity contribution is -0.136. The predicted octanol–water partition coefficient (Wildman–Crippen LogP) is 4.78. The molecule has 0 spiro atoms. The van der Waals surface area contributed by atoms with Gasteiger partial charge in [0.05, 0.1) is 19.2 Å². The number of rotatable bonds is 4. The third-order valence-corrected chi connectivity index (χ3v) is 4.10. The molecule has 0 amide bonds. The average Bonchev–Trinajstić information content (AvgIpc) is 2.84. The number of carbonyl (C=O) groups is 1. The lowest BCUT2D eigenvalue weighted by atomic mass is 10.0. The Kier molecular flexibility index (Phi) is 4.20. The molecule has 0 saturated heterocycles. The summed E-state index contributed by atoms with van der Waals surface area (Å²) in [4.78, 5) is 14.6. The van der Waals surface area contributed by atoms with Gasteiger partial charge in [-0.2, -0.15) is 0 Å². The maximum atomic E-state index is 11.3. The van der Waals surface area contributed by atoms with Gasteiger partial charge in [0.25, 0.3) is 0 Å². The second-order valence-corrected chi connectivity index (χ2v) is 5.96. The van der Waals surface area contributed by atoms with E-state index in [0.29, 0.717) is 32.6 Å². The summed E-state index contributed by atoms with van der Waals surface area (Å²) in [6, 6.07) is 10.6. The molecule has 0 fully saturated rings. The van der Waals surface area contributed by atoms with Crippen LogP contribution in [-0.2, 0) is 11.2 Å². The third-order valence-electron chi connectivity index (χ3n) is 3.63. The van der Waals surface area contributed by atoms with Crippen LogP contribution in [0.3, 0.4) is 0 Å². The van der Waals surface area contributed by atoms with Crippen molar-refractivity contribution < 1.29 is 14.6 Å². The highest BCUT2D eigenvalue weighted by Gasteiger charge is 2.19. The molecule has 3 rings (SSSR count). The number of carboxylic acids is 1. The standard InChI is InChI=1S/C17H13Cl2NO3/c1-23-15-5-3-10(19)7-13(15)17-12(8-16(21)22)11-6-9(18)2-4-14(11)20-17/h2-7,20H,8H2,1H3,(H,21,22). The van der Waals surface area contributed by atoms with Crippen molar-refractivity contribution in [3.8, 4) is 17.0 Å². The fourth-order valence-electron chi connectivity index (χ4n) is 2.66. The molecule has 3 aromatic rings. The fraction of sp³-hybridized carbons (Fsp3) is 0.118. The van der Waals surface area contributed by atoms with Crippen LogP contribution >= 0.6 is 23.2 Å². The lowest BCUT2D eigenvalue weighted by Crippen LogP contribution is -2.01. The number of aliphatic carboxylic acids is 1. The van der Waals surface area contributed by atoms with E-state index in [9.17, 15) is 9.90 Å². The van der Waals surface area contributed by atoms with Crippen molar-refractivity contribution in [1.29, 1.82) is 0 Å². The van der Waals surface area contributed by atoms with Crippen LogP contribution < -0.4 is 4.74 Å². The van der Waals surface area contributed by atoms with E-state index < -0.39 is 5.97 Å².